The maximum Gasteiger partial charge on any atom is 1.00 e. The van der Waals surface area contributed by atoms with Gasteiger partial charge in [-0.05, 0) is 20.1 Å². The summed E-state index contributed by atoms with van der Waals surface area (Å²) >= 11 is 0. The Morgan fingerprint density at radius 3 is 2.07 bits per heavy atom. The largest absolute Gasteiger partial charge is 1.00 e. The zero-order valence-corrected chi connectivity index (χ0v) is 12.5. The number of nitrogens with zero attached hydrogens (tertiary/aromatic N) is 1. The SMILES string of the molecule is C[C@@H]([C@H]([O-])c1ccccc1)N(C)C.[K+]. The van der Waals surface area contributed by atoms with Crippen molar-refractivity contribution in [3.05, 3.63) is 35.9 Å². The summed E-state index contributed by atoms with van der Waals surface area (Å²) in [6.45, 7) is 1.95. The van der Waals surface area contributed by atoms with Crippen molar-refractivity contribution in [1.29, 1.82) is 0 Å². The number of rotatable bonds is 3. The quantitative estimate of drug-likeness (QED) is 0.550. The molecule has 3 heteroatoms. The Kier molecular flexibility index (Phi) is 7.51. The van der Waals surface area contributed by atoms with E-state index in [1.165, 1.54) is 0 Å². The van der Waals surface area contributed by atoms with Crippen LogP contribution in [0.2, 0.25) is 0 Å². The van der Waals surface area contributed by atoms with Gasteiger partial charge in [-0.3, -0.25) is 0 Å². The van der Waals surface area contributed by atoms with Crippen LogP contribution in [-0.2, 0) is 0 Å². The first-order chi connectivity index (χ1) is 6.13. The number of hydrogen-bond donors (Lipinski definition) is 0. The van der Waals surface area contributed by atoms with E-state index in [1.54, 1.807) is 0 Å². The van der Waals surface area contributed by atoms with Crippen molar-refractivity contribution in [2.75, 3.05) is 14.1 Å². The Balaban J connectivity index is 0.00000169. The molecule has 0 bridgehead atoms. The van der Waals surface area contributed by atoms with Gasteiger partial charge in [-0.1, -0.05) is 48.9 Å². The Morgan fingerprint density at radius 2 is 1.64 bits per heavy atom. The minimum atomic E-state index is -0.656. The summed E-state index contributed by atoms with van der Waals surface area (Å²) in [5.74, 6) is 0. The molecular weight excluding hydrogens is 201 g/mol. The third-order valence-electron chi connectivity index (χ3n) is 2.38. The third kappa shape index (κ3) is 4.10. The van der Waals surface area contributed by atoms with Crippen molar-refractivity contribution in [2.45, 2.75) is 19.1 Å². The molecule has 14 heavy (non-hydrogen) atoms. The van der Waals surface area contributed by atoms with Crippen LogP contribution < -0.4 is 56.5 Å². The molecule has 1 rings (SSSR count). The first-order valence-electron chi connectivity index (χ1n) is 4.50. The molecule has 1 aromatic rings. The van der Waals surface area contributed by atoms with Crippen LogP contribution in [0.4, 0.5) is 0 Å². The molecule has 0 fully saturated rings. The maximum atomic E-state index is 11.8. The van der Waals surface area contributed by atoms with E-state index in [0.29, 0.717) is 0 Å². The van der Waals surface area contributed by atoms with Crippen molar-refractivity contribution >= 4 is 0 Å². The van der Waals surface area contributed by atoms with E-state index in [9.17, 15) is 5.11 Å². The van der Waals surface area contributed by atoms with E-state index in [2.05, 4.69) is 0 Å². The summed E-state index contributed by atoms with van der Waals surface area (Å²) in [6, 6.07) is 9.54. The molecule has 0 aliphatic carbocycles. The maximum absolute atomic E-state index is 11.8. The minimum Gasteiger partial charge on any atom is -0.847 e. The molecule has 0 saturated heterocycles. The molecule has 0 spiro atoms. The number of benzene rings is 1. The van der Waals surface area contributed by atoms with Crippen LogP contribution in [0.25, 0.3) is 0 Å². The topological polar surface area (TPSA) is 26.3 Å². The Labute approximate surface area is 129 Å². The fourth-order valence-corrected chi connectivity index (χ4v) is 1.19. The van der Waals surface area contributed by atoms with E-state index in [4.69, 9.17) is 0 Å². The van der Waals surface area contributed by atoms with Gasteiger partial charge in [-0.2, -0.15) is 0 Å². The zero-order chi connectivity index (χ0) is 9.84. The second kappa shape index (κ2) is 7.12. The van der Waals surface area contributed by atoms with Crippen LogP contribution in [0.1, 0.15) is 18.6 Å². The summed E-state index contributed by atoms with van der Waals surface area (Å²) in [5, 5.41) is 11.8. The van der Waals surface area contributed by atoms with Gasteiger partial charge in [0.15, 0.2) is 0 Å². The molecule has 0 heterocycles. The molecule has 0 amide bonds. The van der Waals surface area contributed by atoms with E-state index < -0.39 is 6.10 Å². The van der Waals surface area contributed by atoms with Crippen molar-refractivity contribution < 1.29 is 56.5 Å². The van der Waals surface area contributed by atoms with Gasteiger partial charge < -0.3 is 10.0 Å². The van der Waals surface area contributed by atoms with Gasteiger partial charge in [0, 0.05) is 0 Å². The van der Waals surface area contributed by atoms with E-state index >= 15 is 0 Å². The van der Waals surface area contributed by atoms with Gasteiger partial charge in [0.25, 0.3) is 0 Å². The first-order valence-corrected chi connectivity index (χ1v) is 4.50. The summed E-state index contributed by atoms with van der Waals surface area (Å²) < 4.78 is 0. The molecule has 0 radical (unpaired) electrons. The normalized spacial score (nSPS) is 14.6. The molecule has 1 aromatic carbocycles. The predicted octanol–water partition coefficient (Wildman–Crippen LogP) is -1.96. The molecule has 0 saturated carbocycles. The van der Waals surface area contributed by atoms with Gasteiger partial charge in [0.1, 0.15) is 0 Å². The Hall–Kier alpha value is 0.776. The molecule has 0 aromatic heterocycles. The smallest absolute Gasteiger partial charge is 0.847 e. The molecule has 0 N–H and O–H groups in total. The molecule has 2 atom stereocenters. The minimum absolute atomic E-state index is 0. The van der Waals surface area contributed by atoms with Crippen LogP contribution in [0.3, 0.4) is 0 Å². The van der Waals surface area contributed by atoms with Gasteiger partial charge >= 0.3 is 51.4 Å². The fourth-order valence-electron chi connectivity index (χ4n) is 1.19. The molecule has 72 valence electrons. The standard InChI is InChI=1S/C11H16NO.K/c1-9(12(2)3)11(13)10-7-5-4-6-8-10;/h4-9,11H,1-3H3;/q-1;+1/t9-,11-;/m0./s1. The van der Waals surface area contributed by atoms with Crippen molar-refractivity contribution in [1.82, 2.24) is 4.90 Å². The summed E-state index contributed by atoms with van der Waals surface area (Å²) in [7, 11) is 3.86. The fraction of sp³-hybridized carbons (Fsp3) is 0.455. The average molecular weight is 217 g/mol. The van der Waals surface area contributed by atoms with Crippen molar-refractivity contribution in [3.63, 3.8) is 0 Å². The van der Waals surface area contributed by atoms with E-state index in [0.717, 1.165) is 5.56 Å². The van der Waals surface area contributed by atoms with Crippen molar-refractivity contribution in [2.24, 2.45) is 0 Å². The van der Waals surface area contributed by atoms with E-state index in [-0.39, 0.29) is 57.4 Å². The van der Waals surface area contributed by atoms with Crippen LogP contribution >= 0.6 is 0 Å². The summed E-state index contributed by atoms with van der Waals surface area (Å²) in [4.78, 5) is 1.95. The van der Waals surface area contributed by atoms with Gasteiger partial charge in [0.05, 0.1) is 0 Å². The Bertz CT molecular complexity index is 251. The van der Waals surface area contributed by atoms with Crippen LogP contribution in [-0.4, -0.2) is 25.0 Å². The number of likely N-dealkylation sites (N-methyl/N-ethyl adjacent to an activating group) is 1. The van der Waals surface area contributed by atoms with Gasteiger partial charge in [-0.25, -0.2) is 0 Å². The van der Waals surface area contributed by atoms with Crippen molar-refractivity contribution in [3.8, 4) is 0 Å². The molecule has 0 aliphatic heterocycles. The van der Waals surface area contributed by atoms with Gasteiger partial charge in [0.2, 0.25) is 0 Å². The van der Waals surface area contributed by atoms with Crippen LogP contribution in [0.5, 0.6) is 0 Å². The second-order valence-electron chi connectivity index (χ2n) is 3.54. The second-order valence-corrected chi connectivity index (χ2v) is 3.54. The Morgan fingerprint density at radius 1 is 1.14 bits per heavy atom. The predicted molar refractivity (Wildman–Crippen MR) is 52.3 cm³/mol. The average Bonchev–Trinajstić information content (AvgIpc) is 2.17. The molecular formula is C11H16KNO. The summed E-state index contributed by atoms with van der Waals surface area (Å²) in [5.41, 5.74) is 0.865. The zero-order valence-electron chi connectivity index (χ0n) is 9.40. The van der Waals surface area contributed by atoms with E-state index in [1.807, 2.05) is 56.3 Å². The molecule has 0 aliphatic rings. The first kappa shape index (κ1) is 14.8. The number of hydrogen-bond acceptors (Lipinski definition) is 2. The monoisotopic (exact) mass is 217 g/mol. The molecule has 0 unspecified atom stereocenters. The van der Waals surface area contributed by atoms with Crippen LogP contribution in [0.15, 0.2) is 30.3 Å². The van der Waals surface area contributed by atoms with Gasteiger partial charge in [-0.15, -0.1) is 0 Å². The third-order valence-corrected chi connectivity index (χ3v) is 2.38. The summed E-state index contributed by atoms with van der Waals surface area (Å²) in [6.07, 6.45) is -0.656. The molecule has 2 nitrogen and oxygen atoms in total. The van der Waals surface area contributed by atoms with Crippen LogP contribution in [0, 0.1) is 0 Å².